The summed E-state index contributed by atoms with van der Waals surface area (Å²) in [6.07, 6.45) is 5.95. The van der Waals surface area contributed by atoms with Gasteiger partial charge in [-0.15, -0.1) is 0 Å². The van der Waals surface area contributed by atoms with E-state index in [9.17, 15) is 9.59 Å². The number of nitrogens with zero attached hydrogens (tertiary/aromatic N) is 4. The van der Waals surface area contributed by atoms with Gasteiger partial charge in [0, 0.05) is 32.6 Å². The number of carbonyl (C=O) groups excluding carboxylic acids is 2. The molecule has 0 aliphatic carbocycles. The highest BCUT2D eigenvalue weighted by atomic mass is 32.2. The topological polar surface area (TPSA) is 84.9 Å². The molecular weight excluding hydrogens is 584 g/mol. The van der Waals surface area contributed by atoms with E-state index in [0.717, 1.165) is 30.5 Å². The van der Waals surface area contributed by atoms with E-state index in [1.807, 2.05) is 102 Å². The molecule has 8 nitrogen and oxygen atoms in total. The van der Waals surface area contributed by atoms with Gasteiger partial charge in [-0.1, -0.05) is 76.2 Å². The van der Waals surface area contributed by atoms with E-state index in [2.05, 4.69) is 23.8 Å². The number of likely N-dealkylation sites (N-methyl/N-ethyl adjacent to an activating group) is 1. The molecule has 2 amide bonds. The van der Waals surface area contributed by atoms with Crippen molar-refractivity contribution in [2.24, 2.45) is 5.92 Å². The lowest BCUT2D eigenvalue weighted by Gasteiger charge is -2.26. The summed E-state index contributed by atoms with van der Waals surface area (Å²) in [5.41, 5.74) is 2.98. The Bertz CT molecular complexity index is 1270. The number of aryl methyl sites for hydroxylation is 1. The van der Waals surface area contributed by atoms with Crippen molar-refractivity contribution in [2.75, 3.05) is 38.4 Å². The first-order chi connectivity index (χ1) is 21.4. The highest BCUT2D eigenvalue weighted by Crippen LogP contribution is 2.27. The zero-order chi connectivity index (χ0) is 34.0. The zero-order valence-corrected chi connectivity index (χ0v) is 30.0. The maximum Gasteiger partial charge on any atom is 0.261 e. The standard InChI is InChI=1S/C29H36N4O3S.C5H12O.C2H6/c1-6-21(2)16-17-33(28(35)26-18-30-29(37-5)31-22(26)3)24-12-14-25(15-13-24)36-27(19-32(4)20-34)23-10-8-7-9-11-23;1-5(2,3)6-4;1-2/h7-15,18,20-21,27H,6,16-17,19H2,1-5H3;1-4H3;1-2H3. The lowest BCUT2D eigenvalue weighted by atomic mass is 10.0. The lowest BCUT2D eigenvalue weighted by Crippen LogP contribution is -2.33. The number of anilines is 1. The van der Waals surface area contributed by atoms with Gasteiger partial charge >= 0.3 is 0 Å². The van der Waals surface area contributed by atoms with E-state index in [1.54, 1.807) is 30.2 Å². The molecule has 3 rings (SSSR count). The third kappa shape index (κ3) is 14.0. The van der Waals surface area contributed by atoms with Crippen molar-refractivity contribution in [3.63, 3.8) is 0 Å². The van der Waals surface area contributed by atoms with Gasteiger partial charge < -0.3 is 19.3 Å². The first kappa shape index (κ1) is 39.6. The molecule has 2 unspecified atom stereocenters. The van der Waals surface area contributed by atoms with Crippen LogP contribution in [-0.4, -0.2) is 66.3 Å². The number of methoxy groups -OCH3 is 1. The minimum Gasteiger partial charge on any atom is -0.484 e. The molecule has 2 atom stereocenters. The van der Waals surface area contributed by atoms with E-state index in [1.165, 1.54) is 11.8 Å². The van der Waals surface area contributed by atoms with Crippen molar-refractivity contribution in [1.82, 2.24) is 14.9 Å². The van der Waals surface area contributed by atoms with Crippen LogP contribution in [0.3, 0.4) is 0 Å². The Hall–Kier alpha value is -3.43. The minimum absolute atomic E-state index is 0.0417. The van der Waals surface area contributed by atoms with Crippen LogP contribution in [0.15, 0.2) is 66.0 Å². The van der Waals surface area contributed by atoms with Crippen LogP contribution < -0.4 is 9.64 Å². The third-order valence-corrected chi connectivity index (χ3v) is 7.56. The summed E-state index contributed by atoms with van der Waals surface area (Å²) in [6, 6.07) is 17.4. The zero-order valence-electron chi connectivity index (χ0n) is 29.2. The van der Waals surface area contributed by atoms with Crippen LogP contribution in [0.5, 0.6) is 5.75 Å². The molecule has 3 aromatic rings. The second-order valence-electron chi connectivity index (χ2n) is 11.5. The molecule has 45 heavy (non-hydrogen) atoms. The predicted octanol–water partition coefficient (Wildman–Crippen LogP) is 8.26. The molecule has 2 aromatic carbocycles. The summed E-state index contributed by atoms with van der Waals surface area (Å²) in [5.74, 6) is 1.04. The minimum atomic E-state index is -0.319. The Morgan fingerprint density at radius 2 is 1.67 bits per heavy atom. The van der Waals surface area contributed by atoms with Crippen LogP contribution in [0, 0.1) is 12.8 Å². The van der Waals surface area contributed by atoms with E-state index < -0.39 is 0 Å². The molecule has 0 aliphatic rings. The highest BCUT2D eigenvalue weighted by Gasteiger charge is 2.22. The average Bonchev–Trinajstić information content (AvgIpc) is 3.06. The Balaban J connectivity index is 0.00000113. The number of thioether (sulfide) groups is 1. The number of hydrogen-bond acceptors (Lipinski definition) is 7. The molecule has 0 radical (unpaired) electrons. The molecule has 0 fully saturated rings. The van der Waals surface area contributed by atoms with Gasteiger partial charge in [0.15, 0.2) is 5.16 Å². The van der Waals surface area contributed by atoms with Crippen molar-refractivity contribution in [3.05, 3.63) is 77.6 Å². The van der Waals surface area contributed by atoms with Crippen LogP contribution in [0.2, 0.25) is 0 Å². The largest absolute Gasteiger partial charge is 0.484 e. The van der Waals surface area contributed by atoms with E-state index in [-0.39, 0.29) is 17.6 Å². The number of hydrogen-bond donors (Lipinski definition) is 0. The molecule has 248 valence electrons. The molecule has 0 N–H and O–H groups in total. The Labute approximate surface area is 275 Å². The molecule has 1 heterocycles. The van der Waals surface area contributed by atoms with Crippen LogP contribution in [-0.2, 0) is 9.53 Å². The van der Waals surface area contributed by atoms with Gasteiger partial charge in [0.2, 0.25) is 6.41 Å². The first-order valence-corrected chi connectivity index (χ1v) is 16.9. The maximum absolute atomic E-state index is 13.6. The van der Waals surface area contributed by atoms with E-state index >= 15 is 0 Å². The molecule has 0 aliphatic heterocycles. The molecule has 1 aromatic heterocycles. The Kier molecular flexibility index (Phi) is 18.1. The van der Waals surface area contributed by atoms with E-state index in [0.29, 0.717) is 41.2 Å². The van der Waals surface area contributed by atoms with Gasteiger partial charge in [0.25, 0.3) is 5.91 Å². The SMILES string of the molecule is CC.CCC(C)CCN(C(=O)c1cnc(SC)nc1C)c1ccc(OC(CN(C)C=O)c2ccccc2)cc1.COC(C)(C)C. The number of rotatable bonds is 13. The fourth-order valence-electron chi connectivity index (χ4n) is 3.85. The molecule has 0 spiro atoms. The van der Waals surface area contributed by atoms with Crippen LogP contribution in [0.25, 0.3) is 0 Å². The summed E-state index contributed by atoms with van der Waals surface area (Å²) in [5, 5.41) is 0.648. The fourth-order valence-corrected chi connectivity index (χ4v) is 4.24. The van der Waals surface area contributed by atoms with Crippen LogP contribution in [0.4, 0.5) is 5.69 Å². The molecule has 0 saturated heterocycles. The smallest absolute Gasteiger partial charge is 0.261 e. The van der Waals surface area contributed by atoms with Crippen molar-refractivity contribution in [3.8, 4) is 5.75 Å². The summed E-state index contributed by atoms with van der Waals surface area (Å²) in [4.78, 5) is 37.0. The van der Waals surface area contributed by atoms with Gasteiger partial charge in [-0.2, -0.15) is 0 Å². The van der Waals surface area contributed by atoms with E-state index in [4.69, 9.17) is 9.47 Å². The van der Waals surface area contributed by atoms with Gasteiger partial charge in [-0.25, -0.2) is 9.97 Å². The summed E-state index contributed by atoms with van der Waals surface area (Å²) < 4.78 is 11.2. The second kappa shape index (κ2) is 20.6. The maximum atomic E-state index is 13.6. The number of ether oxygens (including phenoxy) is 2. The summed E-state index contributed by atoms with van der Waals surface area (Å²) in [7, 11) is 3.44. The molecule has 0 bridgehead atoms. The van der Waals surface area contributed by atoms with Crippen molar-refractivity contribution >= 4 is 29.8 Å². The molecule has 0 saturated carbocycles. The lowest BCUT2D eigenvalue weighted by molar-refractivity contribution is -0.118. The summed E-state index contributed by atoms with van der Waals surface area (Å²) in [6.45, 7) is 17.3. The Morgan fingerprint density at radius 1 is 1.07 bits per heavy atom. The average molecular weight is 639 g/mol. The normalized spacial score (nSPS) is 12.0. The second-order valence-corrected chi connectivity index (χ2v) is 12.3. The van der Waals surface area contributed by atoms with Crippen molar-refractivity contribution in [2.45, 2.75) is 85.1 Å². The molecular formula is C36H54N4O4S. The number of benzene rings is 2. The quantitative estimate of drug-likeness (QED) is 0.106. The fraction of sp³-hybridized carbons (Fsp3) is 0.500. The summed E-state index contributed by atoms with van der Waals surface area (Å²) >= 11 is 1.45. The molecule has 9 heteroatoms. The Morgan fingerprint density at radius 3 is 2.16 bits per heavy atom. The number of aromatic nitrogens is 2. The van der Waals surface area contributed by atoms with Gasteiger partial charge in [-0.05, 0) is 76.1 Å². The van der Waals surface area contributed by atoms with Gasteiger partial charge in [-0.3, -0.25) is 9.59 Å². The van der Waals surface area contributed by atoms with Crippen molar-refractivity contribution in [1.29, 1.82) is 0 Å². The van der Waals surface area contributed by atoms with Gasteiger partial charge in [0.05, 0.1) is 23.4 Å². The first-order valence-electron chi connectivity index (χ1n) is 15.6. The predicted molar refractivity (Wildman–Crippen MR) is 187 cm³/mol. The monoisotopic (exact) mass is 638 g/mol. The van der Waals surface area contributed by atoms with Crippen LogP contribution in [0.1, 0.15) is 89.0 Å². The third-order valence-electron chi connectivity index (χ3n) is 7.00. The van der Waals surface area contributed by atoms with Crippen molar-refractivity contribution < 1.29 is 19.1 Å². The van der Waals surface area contributed by atoms with Crippen LogP contribution >= 0.6 is 11.8 Å². The highest BCUT2D eigenvalue weighted by molar-refractivity contribution is 7.98. The number of carbonyl (C=O) groups is 2. The van der Waals surface area contributed by atoms with Gasteiger partial charge in [0.1, 0.15) is 11.9 Å². The number of amides is 2.